The zero-order valence-electron chi connectivity index (χ0n) is 16.5. The van der Waals surface area contributed by atoms with E-state index < -0.39 is 0 Å². The summed E-state index contributed by atoms with van der Waals surface area (Å²) in [6, 6.07) is 13.4. The number of amides is 2. The molecular weight excluding hydrogens is 388 g/mol. The molecule has 0 bridgehead atoms. The molecule has 0 spiro atoms. The Balaban J connectivity index is 1.39. The standard InChI is InChI=1S/C21H24N4O3S/c1-24(11-12-25(2)19-5-3-4-10-22-19)13-14-28-17-8-6-16(7-9-17)15-18-20(26)23-21(27)29-18/h3-10,15H,11-14H2,1-2H3,(H,23,26,27). The van der Waals surface area contributed by atoms with Crippen LogP contribution in [0.5, 0.6) is 5.75 Å². The predicted molar refractivity (Wildman–Crippen MR) is 116 cm³/mol. The maximum atomic E-state index is 11.6. The molecule has 1 N–H and O–H groups in total. The van der Waals surface area contributed by atoms with Crippen molar-refractivity contribution >= 4 is 34.8 Å². The smallest absolute Gasteiger partial charge is 0.290 e. The normalized spacial score (nSPS) is 15.1. The van der Waals surface area contributed by atoms with Crippen molar-refractivity contribution in [3.63, 3.8) is 0 Å². The van der Waals surface area contributed by atoms with Gasteiger partial charge in [0.25, 0.3) is 11.1 Å². The highest BCUT2D eigenvalue weighted by atomic mass is 32.2. The molecule has 2 amide bonds. The molecule has 8 heteroatoms. The summed E-state index contributed by atoms with van der Waals surface area (Å²) in [5.41, 5.74) is 0.847. The lowest BCUT2D eigenvalue weighted by molar-refractivity contribution is -0.115. The molecule has 1 aliphatic rings. The Morgan fingerprint density at radius 3 is 2.52 bits per heavy atom. The van der Waals surface area contributed by atoms with Gasteiger partial charge in [0.05, 0.1) is 4.91 Å². The molecule has 0 saturated carbocycles. The molecule has 1 saturated heterocycles. The SMILES string of the molecule is CN(CCOc1ccc(C=C2SC(=O)NC2=O)cc1)CCN(C)c1ccccn1. The maximum absolute atomic E-state index is 11.6. The van der Waals surface area contributed by atoms with Crippen molar-refractivity contribution in [3.8, 4) is 5.75 Å². The number of anilines is 1. The molecule has 0 unspecified atom stereocenters. The van der Waals surface area contributed by atoms with Gasteiger partial charge in [-0.25, -0.2) is 4.98 Å². The molecule has 7 nitrogen and oxygen atoms in total. The number of ether oxygens (including phenoxy) is 1. The highest BCUT2D eigenvalue weighted by molar-refractivity contribution is 8.18. The first-order valence-corrected chi connectivity index (χ1v) is 10.1. The van der Waals surface area contributed by atoms with E-state index in [1.54, 1.807) is 12.3 Å². The van der Waals surface area contributed by atoms with E-state index in [-0.39, 0.29) is 11.1 Å². The highest BCUT2D eigenvalue weighted by Crippen LogP contribution is 2.26. The van der Waals surface area contributed by atoms with Gasteiger partial charge in [-0.1, -0.05) is 18.2 Å². The zero-order valence-corrected chi connectivity index (χ0v) is 17.3. The van der Waals surface area contributed by atoms with Gasteiger partial charge in [-0.3, -0.25) is 14.9 Å². The van der Waals surface area contributed by atoms with Gasteiger partial charge in [0.15, 0.2) is 0 Å². The summed E-state index contributed by atoms with van der Waals surface area (Å²) in [6.45, 7) is 3.17. The van der Waals surface area contributed by atoms with Crippen LogP contribution in [0.2, 0.25) is 0 Å². The van der Waals surface area contributed by atoms with E-state index in [2.05, 4.69) is 27.1 Å². The van der Waals surface area contributed by atoms with Crippen LogP contribution >= 0.6 is 11.8 Å². The van der Waals surface area contributed by atoms with Crippen LogP contribution in [0.3, 0.4) is 0 Å². The molecule has 1 aromatic carbocycles. The van der Waals surface area contributed by atoms with Gasteiger partial charge in [-0.2, -0.15) is 0 Å². The second kappa shape index (κ2) is 10.1. The second-order valence-corrected chi connectivity index (χ2v) is 7.70. The third-order valence-electron chi connectivity index (χ3n) is 4.42. The van der Waals surface area contributed by atoms with E-state index >= 15 is 0 Å². The lowest BCUT2D eigenvalue weighted by atomic mass is 10.2. The molecule has 29 heavy (non-hydrogen) atoms. The summed E-state index contributed by atoms with van der Waals surface area (Å²) in [7, 11) is 4.10. The second-order valence-electron chi connectivity index (χ2n) is 6.68. The van der Waals surface area contributed by atoms with Crippen LogP contribution in [-0.2, 0) is 4.79 Å². The summed E-state index contributed by atoms with van der Waals surface area (Å²) < 4.78 is 5.80. The molecular formula is C21H24N4O3S. The first-order chi connectivity index (χ1) is 14.0. The van der Waals surface area contributed by atoms with E-state index in [9.17, 15) is 9.59 Å². The number of aromatic nitrogens is 1. The lowest BCUT2D eigenvalue weighted by Crippen LogP contribution is -2.33. The Kier molecular flexibility index (Phi) is 7.26. The molecule has 0 aliphatic carbocycles. The number of imide groups is 1. The molecule has 1 aliphatic heterocycles. The summed E-state index contributed by atoms with van der Waals surface area (Å²) >= 11 is 0.912. The fourth-order valence-electron chi connectivity index (χ4n) is 2.68. The van der Waals surface area contributed by atoms with Crippen LogP contribution in [0.1, 0.15) is 5.56 Å². The molecule has 1 aromatic heterocycles. The van der Waals surface area contributed by atoms with Crippen LogP contribution in [0.25, 0.3) is 6.08 Å². The molecule has 152 valence electrons. The van der Waals surface area contributed by atoms with Crippen LogP contribution in [0.4, 0.5) is 10.6 Å². The van der Waals surface area contributed by atoms with E-state index in [0.29, 0.717) is 11.5 Å². The third kappa shape index (κ3) is 6.33. The van der Waals surface area contributed by atoms with E-state index in [4.69, 9.17) is 4.74 Å². The Bertz CT molecular complexity index is 871. The van der Waals surface area contributed by atoms with Crippen LogP contribution in [0.15, 0.2) is 53.6 Å². The summed E-state index contributed by atoms with van der Waals surface area (Å²) in [5, 5.41) is 1.91. The summed E-state index contributed by atoms with van der Waals surface area (Å²) in [5.74, 6) is 1.38. The number of carbonyl (C=O) groups is 2. The van der Waals surface area contributed by atoms with Crippen molar-refractivity contribution in [2.24, 2.45) is 0 Å². The van der Waals surface area contributed by atoms with Crippen LogP contribution in [0, 0.1) is 0 Å². The molecule has 3 rings (SSSR count). The van der Waals surface area contributed by atoms with Crippen molar-refractivity contribution in [2.45, 2.75) is 0 Å². The van der Waals surface area contributed by atoms with E-state index in [0.717, 1.165) is 48.5 Å². The minimum atomic E-state index is -0.350. The number of rotatable bonds is 9. The van der Waals surface area contributed by atoms with Crippen molar-refractivity contribution < 1.29 is 14.3 Å². The highest BCUT2D eigenvalue weighted by Gasteiger charge is 2.24. The number of hydrogen-bond donors (Lipinski definition) is 1. The van der Waals surface area contributed by atoms with E-state index in [1.807, 2.05) is 49.5 Å². The number of thioether (sulfide) groups is 1. The Morgan fingerprint density at radius 1 is 1.07 bits per heavy atom. The van der Waals surface area contributed by atoms with Gasteiger partial charge in [0, 0.05) is 32.9 Å². The van der Waals surface area contributed by atoms with Gasteiger partial charge in [-0.05, 0) is 54.7 Å². The quantitative estimate of drug-likeness (QED) is 0.635. The third-order valence-corrected chi connectivity index (χ3v) is 5.23. The number of benzene rings is 1. The minimum Gasteiger partial charge on any atom is -0.492 e. The van der Waals surface area contributed by atoms with Crippen LogP contribution in [-0.4, -0.2) is 61.4 Å². The molecule has 0 atom stereocenters. The Labute approximate surface area is 174 Å². The number of hydrogen-bond acceptors (Lipinski definition) is 7. The van der Waals surface area contributed by atoms with Crippen molar-refractivity contribution in [2.75, 3.05) is 45.2 Å². The largest absolute Gasteiger partial charge is 0.492 e. The number of carbonyl (C=O) groups excluding carboxylic acids is 2. The van der Waals surface area contributed by atoms with Crippen LogP contribution < -0.4 is 15.0 Å². The van der Waals surface area contributed by atoms with Gasteiger partial charge in [0.2, 0.25) is 0 Å². The first-order valence-electron chi connectivity index (χ1n) is 9.30. The van der Waals surface area contributed by atoms with Crippen molar-refractivity contribution in [1.29, 1.82) is 0 Å². The fraction of sp³-hybridized carbons (Fsp3) is 0.286. The van der Waals surface area contributed by atoms with Gasteiger partial charge in [0.1, 0.15) is 18.2 Å². The van der Waals surface area contributed by atoms with Gasteiger partial charge < -0.3 is 14.5 Å². The average molecular weight is 413 g/mol. The number of nitrogens with one attached hydrogen (secondary N) is 1. The maximum Gasteiger partial charge on any atom is 0.290 e. The Hall–Kier alpha value is -2.84. The summed E-state index contributed by atoms with van der Waals surface area (Å²) in [6.07, 6.45) is 3.49. The number of likely N-dealkylation sites (N-methyl/N-ethyl adjacent to an activating group) is 2. The average Bonchev–Trinajstić information content (AvgIpc) is 3.04. The van der Waals surface area contributed by atoms with Gasteiger partial charge in [-0.15, -0.1) is 0 Å². The van der Waals surface area contributed by atoms with E-state index in [1.165, 1.54) is 0 Å². The molecule has 2 heterocycles. The zero-order chi connectivity index (χ0) is 20.6. The predicted octanol–water partition coefficient (Wildman–Crippen LogP) is 2.85. The minimum absolute atomic E-state index is 0.337. The number of pyridine rings is 1. The topological polar surface area (TPSA) is 74.8 Å². The molecule has 2 aromatic rings. The fourth-order valence-corrected chi connectivity index (χ4v) is 3.36. The molecule has 1 fully saturated rings. The van der Waals surface area contributed by atoms with Crippen molar-refractivity contribution in [3.05, 3.63) is 59.1 Å². The number of nitrogens with zero attached hydrogens (tertiary/aromatic N) is 3. The van der Waals surface area contributed by atoms with Crippen molar-refractivity contribution in [1.82, 2.24) is 15.2 Å². The lowest BCUT2D eigenvalue weighted by Gasteiger charge is -2.22. The molecule has 0 radical (unpaired) electrons. The van der Waals surface area contributed by atoms with Gasteiger partial charge >= 0.3 is 0 Å². The Morgan fingerprint density at radius 2 is 1.86 bits per heavy atom. The monoisotopic (exact) mass is 412 g/mol. The summed E-state index contributed by atoms with van der Waals surface area (Å²) in [4.78, 5) is 31.9. The first kappa shape index (κ1) is 20.9.